The van der Waals surface area contributed by atoms with Crippen LogP contribution in [0.1, 0.15) is 49.3 Å². The van der Waals surface area contributed by atoms with Gasteiger partial charge in [0, 0.05) is 6.42 Å². The zero-order valence-electron chi connectivity index (χ0n) is 15.2. The van der Waals surface area contributed by atoms with Gasteiger partial charge in [0.05, 0.1) is 18.0 Å². The molecule has 0 aliphatic rings. The van der Waals surface area contributed by atoms with Gasteiger partial charge in [0.1, 0.15) is 11.5 Å². The van der Waals surface area contributed by atoms with Crippen LogP contribution in [-0.2, 0) is 9.49 Å². The SMILES string of the molecule is CC(C)=C/C(=C(\C)OI)n1cc(CC(O)c2cc(C)cc(C)c2)nn1. The second-order valence-corrected chi connectivity index (χ2v) is 6.98. The highest BCUT2D eigenvalue weighted by Crippen LogP contribution is 2.22. The normalized spacial score (nSPS) is 13.2. The fourth-order valence-electron chi connectivity index (χ4n) is 2.67. The number of rotatable bonds is 6. The summed E-state index contributed by atoms with van der Waals surface area (Å²) in [5.41, 5.74) is 5.87. The van der Waals surface area contributed by atoms with Crippen molar-refractivity contribution in [3.8, 4) is 0 Å². The molecule has 0 aliphatic carbocycles. The van der Waals surface area contributed by atoms with Crippen molar-refractivity contribution in [2.45, 2.75) is 47.1 Å². The van der Waals surface area contributed by atoms with Gasteiger partial charge in [-0.2, -0.15) is 0 Å². The van der Waals surface area contributed by atoms with Crippen LogP contribution in [0.3, 0.4) is 0 Å². The number of benzene rings is 1. The summed E-state index contributed by atoms with van der Waals surface area (Å²) in [5.74, 6) is 0.744. The maximum atomic E-state index is 10.5. The van der Waals surface area contributed by atoms with E-state index in [1.54, 1.807) is 4.68 Å². The number of hydrogen-bond acceptors (Lipinski definition) is 4. The molecule has 25 heavy (non-hydrogen) atoms. The second-order valence-electron chi connectivity index (χ2n) is 6.54. The lowest BCUT2D eigenvalue weighted by Crippen LogP contribution is -2.03. The fourth-order valence-corrected chi connectivity index (χ4v) is 2.90. The summed E-state index contributed by atoms with van der Waals surface area (Å²) < 4.78 is 7.01. The summed E-state index contributed by atoms with van der Waals surface area (Å²) in [7, 11) is 0. The average Bonchev–Trinajstić information content (AvgIpc) is 2.98. The first-order chi connectivity index (χ1) is 11.8. The second kappa shape index (κ2) is 8.62. The third-order valence-electron chi connectivity index (χ3n) is 3.72. The van der Waals surface area contributed by atoms with Crippen molar-refractivity contribution in [3.05, 3.63) is 64.2 Å². The van der Waals surface area contributed by atoms with Gasteiger partial charge >= 0.3 is 0 Å². The number of aromatic nitrogens is 3. The van der Waals surface area contributed by atoms with Gasteiger partial charge in [-0.05, 0) is 46.3 Å². The summed E-state index contributed by atoms with van der Waals surface area (Å²) in [6.07, 6.45) is 3.63. The molecule has 0 amide bonds. The average molecular weight is 453 g/mol. The van der Waals surface area contributed by atoms with E-state index in [9.17, 15) is 5.11 Å². The Morgan fingerprint density at radius 1 is 1.24 bits per heavy atom. The molecule has 5 nitrogen and oxygen atoms in total. The minimum absolute atomic E-state index is 0.412. The first kappa shape index (κ1) is 19.7. The van der Waals surface area contributed by atoms with E-state index < -0.39 is 6.10 Å². The Hall–Kier alpha value is -1.67. The van der Waals surface area contributed by atoms with E-state index in [1.807, 2.05) is 82.0 Å². The standard InChI is InChI=1S/C19H24IN3O2/c1-12(2)6-18(15(5)25-20)23-11-17(21-22-23)10-19(24)16-8-13(3)7-14(4)9-16/h6-9,11,19,24H,10H2,1-5H3/b18-15-. The van der Waals surface area contributed by atoms with E-state index in [0.29, 0.717) is 6.42 Å². The molecule has 0 fully saturated rings. The van der Waals surface area contributed by atoms with Crippen LogP contribution >= 0.6 is 23.0 Å². The largest absolute Gasteiger partial charge is 0.430 e. The minimum atomic E-state index is -0.610. The van der Waals surface area contributed by atoms with E-state index in [0.717, 1.165) is 39.4 Å². The Balaban J connectivity index is 2.24. The third-order valence-corrected chi connectivity index (χ3v) is 4.38. The number of hydrogen-bond donors (Lipinski definition) is 1. The lowest BCUT2D eigenvalue weighted by molar-refractivity contribution is 0.177. The van der Waals surface area contributed by atoms with Crippen molar-refractivity contribution in [2.24, 2.45) is 0 Å². The summed E-state index contributed by atoms with van der Waals surface area (Å²) in [6, 6.07) is 6.10. The van der Waals surface area contributed by atoms with E-state index >= 15 is 0 Å². The van der Waals surface area contributed by atoms with Gasteiger partial charge in [0.15, 0.2) is 23.0 Å². The van der Waals surface area contributed by atoms with Crippen LogP contribution in [0, 0.1) is 13.8 Å². The zero-order chi connectivity index (χ0) is 18.6. The van der Waals surface area contributed by atoms with Crippen molar-refractivity contribution in [1.82, 2.24) is 15.0 Å². The van der Waals surface area contributed by atoms with Crippen LogP contribution in [-0.4, -0.2) is 20.1 Å². The Labute approximate surface area is 163 Å². The molecule has 6 heteroatoms. The molecule has 0 spiro atoms. The molecule has 1 atom stereocenters. The van der Waals surface area contributed by atoms with Crippen molar-refractivity contribution >= 4 is 28.7 Å². The molecule has 1 aromatic heterocycles. The van der Waals surface area contributed by atoms with Gasteiger partial charge in [-0.25, -0.2) is 4.68 Å². The maximum Gasteiger partial charge on any atom is 0.192 e. The number of aryl methyl sites for hydroxylation is 2. The Morgan fingerprint density at radius 2 is 1.88 bits per heavy atom. The summed E-state index contributed by atoms with van der Waals surface area (Å²) in [5, 5.41) is 18.9. The Morgan fingerprint density at radius 3 is 2.44 bits per heavy atom. The predicted molar refractivity (Wildman–Crippen MR) is 108 cm³/mol. The van der Waals surface area contributed by atoms with Gasteiger partial charge in [-0.1, -0.05) is 40.1 Å². The van der Waals surface area contributed by atoms with Crippen molar-refractivity contribution < 1.29 is 8.17 Å². The van der Waals surface area contributed by atoms with Gasteiger partial charge < -0.3 is 8.17 Å². The molecule has 0 radical (unpaired) electrons. The number of allylic oxidation sites excluding steroid dienone is 4. The Kier molecular flexibility index (Phi) is 6.78. The number of halogens is 1. The minimum Gasteiger partial charge on any atom is -0.430 e. The monoisotopic (exact) mass is 453 g/mol. The lowest BCUT2D eigenvalue weighted by Gasteiger charge is -2.11. The van der Waals surface area contributed by atoms with Crippen LogP contribution in [0.2, 0.25) is 0 Å². The maximum absolute atomic E-state index is 10.5. The van der Waals surface area contributed by atoms with E-state index in [4.69, 9.17) is 3.07 Å². The van der Waals surface area contributed by atoms with Crippen LogP contribution in [0.15, 0.2) is 41.8 Å². The van der Waals surface area contributed by atoms with E-state index in [1.165, 1.54) is 0 Å². The van der Waals surface area contributed by atoms with Gasteiger partial charge in [-0.3, -0.25) is 0 Å². The van der Waals surface area contributed by atoms with Crippen LogP contribution in [0.4, 0.5) is 0 Å². The quantitative estimate of drug-likeness (QED) is 0.392. The van der Waals surface area contributed by atoms with Gasteiger partial charge in [0.25, 0.3) is 0 Å². The van der Waals surface area contributed by atoms with E-state index in [-0.39, 0.29) is 0 Å². The van der Waals surface area contributed by atoms with Crippen LogP contribution in [0.5, 0.6) is 0 Å². The van der Waals surface area contributed by atoms with Crippen LogP contribution in [0.25, 0.3) is 5.70 Å². The molecular weight excluding hydrogens is 429 g/mol. The summed E-state index contributed by atoms with van der Waals surface area (Å²) >= 11 is 1.85. The highest BCUT2D eigenvalue weighted by molar-refractivity contribution is 14.1. The highest BCUT2D eigenvalue weighted by atomic mass is 127. The molecule has 2 rings (SSSR count). The summed E-state index contributed by atoms with van der Waals surface area (Å²) in [4.78, 5) is 0. The van der Waals surface area contributed by atoms with Crippen LogP contribution < -0.4 is 0 Å². The van der Waals surface area contributed by atoms with Crippen molar-refractivity contribution in [2.75, 3.05) is 0 Å². The first-order valence-corrected chi connectivity index (χ1v) is 9.00. The predicted octanol–water partition coefficient (Wildman–Crippen LogP) is 4.69. The van der Waals surface area contributed by atoms with Gasteiger partial charge in [0.2, 0.25) is 0 Å². The molecule has 0 saturated carbocycles. The topological polar surface area (TPSA) is 60.2 Å². The number of aliphatic hydroxyl groups is 1. The van der Waals surface area contributed by atoms with Gasteiger partial charge in [-0.15, -0.1) is 5.10 Å². The third kappa shape index (κ3) is 5.40. The Bertz CT molecular complexity index is 785. The fraction of sp³-hybridized carbons (Fsp3) is 0.368. The van der Waals surface area contributed by atoms with E-state index in [2.05, 4.69) is 16.4 Å². The molecule has 0 saturated heterocycles. The molecule has 1 aromatic carbocycles. The molecule has 0 aliphatic heterocycles. The summed E-state index contributed by atoms with van der Waals surface area (Å²) in [6.45, 7) is 9.98. The molecule has 1 N–H and O–H groups in total. The highest BCUT2D eigenvalue weighted by Gasteiger charge is 2.14. The van der Waals surface area contributed by atoms with Crippen molar-refractivity contribution in [3.63, 3.8) is 0 Å². The molecular formula is C19H24IN3O2. The van der Waals surface area contributed by atoms with Crippen molar-refractivity contribution in [1.29, 1.82) is 0 Å². The smallest absolute Gasteiger partial charge is 0.192 e. The molecule has 134 valence electrons. The molecule has 1 heterocycles. The molecule has 0 bridgehead atoms. The first-order valence-electron chi connectivity index (χ1n) is 8.12. The molecule has 1 unspecified atom stereocenters. The number of nitrogens with zero attached hydrogens (tertiary/aromatic N) is 3. The molecule has 2 aromatic rings. The lowest BCUT2D eigenvalue weighted by atomic mass is 10.0. The number of aliphatic hydroxyl groups excluding tert-OH is 1. The zero-order valence-corrected chi connectivity index (χ0v) is 17.4.